The van der Waals surface area contributed by atoms with Gasteiger partial charge in [0.05, 0.1) is 27.7 Å². The van der Waals surface area contributed by atoms with Crippen molar-refractivity contribution in [2.24, 2.45) is 21.7 Å². The summed E-state index contributed by atoms with van der Waals surface area (Å²) >= 11 is 6.06. The number of esters is 4. The van der Waals surface area contributed by atoms with Crippen molar-refractivity contribution in [1.82, 2.24) is 5.32 Å². The normalized spacial score (nSPS) is 23.0. The van der Waals surface area contributed by atoms with Crippen LogP contribution < -0.4 is 5.32 Å². The van der Waals surface area contributed by atoms with E-state index >= 15 is 0 Å². The summed E-state index contributed by atoms with van der Waals surface area (Å²) in [5.41, 5.74) is -3.34. The van der Waals surface area contributed by atoms with E-state index < -0.39 is 88.8 Å². The molecular formula is C34H49ClN2O9. The van der Waals surface area contributed by atoms with Gasteiger partial charge < -0.3 is 23.7 Å². The Morgan fingerprint density at radius 1 is 0.739 bits per heavy atom. The van der Waals surface area contributed by atoms with Crippen LogP contribution >= 0.6 is 11.6 Å². The largest absolute Gasteiger partial charge is 0.462 e. The Hall–Kier alpha value is -3.20. The van der Waals surface area contributed by atoms with Crippen molar-refractivity contribution in [1.29, 1.82) is 5.26 Å². The molecule has 46 heavy (non-hydrogen) atoms. The summed E-state index contributed by atoms with van der Waals surface area (Å²) in [6.07, 6.45) is -6.72. The van der Waals surface area contributed by atoms with Gasteiger partial charge in [-0.3, -0.25) is 24.5 Å². The van der Waals surface area contributed by atoms with Crippen LogP contribution in [0.5, 0.6) is 0 Å². The Morgan fingerprint density at radius 3 is 1.57 bits per heavy atom. The Kier molecular flexibility index (Phi) is 12.5. The van der Waals surface area contributed by atoms with E-state index in [0.29, 0.717) is 10.6 Å². The van der Waals surface area contributed by atoms with Crippen LogP contribution in [-0.2, 0) is 42.9 Å². The second-order valence-electron chi connectivity index (χ2n) is 15.6. The lowest BCUT2D eigenvalue weighted by atomic mass is 9.92. The SMILES string of the molecule is CC(C)(C)C(=O)OC[C@H]1O[C@@H](N[C@@H](C#N)c2ccc(Cl)cc2)[C@H](OC(=O)C(C)(C)C)[C@@H](OC(=O)C(C)(C)C)[C@H]1OC(=O)C(C)(C)C. The van der Waals surface area contributed by atoms with Crippen molar-refractivity contribution in [2.45, 2.75) is 120 Å². The fourth-order valence-corrected chi connectivity index (χ4v) is 4.02. The molecule has 1 heterocycles. The third-order valence-electron chi connectivity index (χ3n) is 6.85. The van der Waals surface area contributed by atoms with Crippen LogP contribution in [0.4, 0.5) is 0 Å². The molecule has 1 aromatic rings. The first-order valence-electron chi connectivity index (χ1n) is 15.2. The average molecular weight is 665 g/mol. The minimum Gasteiger partial charge on any atom is -0.462 e. The summed E-state index contributed by atoms with van der Waals surface area (Å²) < 4.78 is 29.9. The van der Waals surface area contributed by atoms with Gasteiger partial charge in [-0.25, -0.2) is 0 Å². The van der Waals surface area contributed by atoms with Crippen LogP contribution in [0, 0.1) is 33.0 Å². The van der Waals surface area contributed by atoms with Gasteiger partial charge >= 0.3 is 23.9 Å². The maximum atomic E-state index is 13.4. The first-order chi connectivity index (χ1) is 20.9. The van der Waals surface area contributed by atoms with Gasteiger partial charge in [0, 0.05) is 5.02 Å². The molecule has 2 rings (SSSR count). The molecule has 1 aromatic carbocycles. The van der Waals surface area contributed by atoms with Gasteiger partial charge in [0.1, 0.15) is 18.8 Å². The zero-order valence-electron chi connectivity index (χ0n) is 29.0. The molecule has 1 saturated heterocycles. The lowest BCUT2D eigenvalue weighted by Gasteiger charge is -2.46. The Labute approximate surface area is 277 Å². The van der Waals surface area contributed by atoms with Crippen molar-refractivity contribution in [3.63, 3.8) is 0 Å². The summed E-state index contributed by atoms with van der Waals surface area (Å²) in [7, 11) is 0. The van der Waals surface area contributed by atoms with Gasteiger partial charge in [-0.05, 0) is 101 Å². The lowest BCUT2D eigenvalue weighted by molar-refractivity contribution is -0.265. The van der Waals surface area contributed by atoms with Gasteiger partial charge in [0.15, 0.2) is 24.5 Å². The lowest BCUT2D eigenvalue weighted by Crippen LogP contribution is -2.66. The van der Waals surface area contributed by atoms with Gasteiger partial charge in [0.2, 0.25) is 0 Å². The first-order valence-corrected chi connectivity index (χ1v) is 15.6. The topological polar surface area (TPSA) is 150 Å². The van der Waals surface area contributed by atoms with E-state index in [2.05, 4.69) is 11.4 Å². The highest BCUT2D eigenvalue weighted by Gasteiger charge is 2.55. The predicted octanol–water partition coefficient (Wildman–Crippen LogP) is 5.68. The number of nitrogens with one attached hydrogen (secondary N) is 1. The van der Waals surface area contributed by atoms with Crippen LogP contribution in [-0.4, -0.2) is 61.1 Å². The minimum absolute atomic E-state index is 0.405. The fourth-order valence-electron chi connectivity index (χ4n) is 3.89. The first kappa shape index (κ1) is 39.0. The van der Waals surface area contributed by atoms with E-state index in [-0.39, 0.29) is 0 Å². The fraction of sp³-hybridized carbons (Fsp3) is 0.676. The maximum Gasteiger partial charge on any atom is 0.311 e. The van der Waals surface area contributed by atoms with E-state index in [1.54, 1.807) is 107 Å². The molecule has 0 bridgehead atoms. The zero-order chi connectivity index (χ0) is 35.4. The quantitative estimate of drug-likeness (QED) is 0.270. The standard InChI is InChI=1S/C34H49ClN2O9/c1-31(2,3)27(38)42-18-22-23(44-28(39)32(4,5)6)24(45-29(40)33(7,8)9)25(46-30(41)34(10,11)12)26(43-22)37-21(17-36)19-13-15-20(35)16-14-19/h13-16,21-26,37H,18H2,1-12H3/t21-,22+,23-,24-,25+,26+/m0/s1. The maximum absolute atomic E-state index is 13.4. The monoisotopic (exact) mass is 664 g/mol. The molecule has 0 amide bonds. The number of rotatable bonds is 8. The number of carbonyl (C=O) groups is 4. The van der Waals surface area contributed by atoms with Crippen molar-refractivity contribution >= 4 is 35.5 Å². The van der Waals surface area contributed by atoms with Crippen LogP contribution in [0.2, 0.25) is 5.02 Å². The summed E-state index contributed by atoms with van der Waals surface area (Å²) in [6, 6.07) is 7.69. The number of hydrogen-bond acceptors (Lipinski definition) is 11. The zero-order valence-corrected chi connectivity index (χ0v) is 29.7. The summed E-state index contributed by atoms with van der Waals surface area (Å²) in [5.74, 6) is -2.55. The molecule has 12 heteroatoms. The molecule has 0 radical (unpaired) electrons. The van der Waals surface area contributed by atoms with Crippen molar-refractivity contribution in [3.8, 4) is 6.07 Å². The number of nitriles is 1. The van der Waals surface area contributed by atoms with E-state index in [9.17, 15) is 24.4 Å². The van der Waals surface area contributed by atoms with Crippen LogP contribution in [0.15, 0.2) is 24.3 Å². The Balaban J connectivity index is 2.75. The van der Waals surface area contributed by atoms with E-state index in [1.165, 1.54) is 0 Å². The molecule has 0 saturated carbocycles. The van der Waals surface area contributed by atoms with E-state index in [1.807, 2.05) is 0 Å². The Morgan fingerprint density at radius 2 is 1.15 bits per heavy atom. The molecule has 1 fully saturated rings. The van der Waals surface area contributed by atoms with Gasteiger partial charge in [-0.2, -0.15) is 5.26 Å². The van der Waals surface area contributed by atoms with Gasteiger partial charge in [-0.1, -0.05) is 23.7 Å². The van der Waals surface area contributed by atoms with E-state index in [4.69, 9.17) is 35.3 Å². The number of carbonyl (C=O) groups excluding carboxylic acids is 4. The third kappa shape index (κ3) is 10.7. The highest BCUT2D eigenvalue weighted by molar-refractivity contribution is 6.30. The third-order valence-corrected chi connectivity index (χ3v) is 7.11. The molecule has 0 spiro atoms. The number of nitrogens with zero attached hydrogens (tertiary/aromatic N) is 1. The summed E-state index contributed by atoms with van der Waals surface area (Å²) in [6.45, 7) is 19.5. The molecule has 1 N–H and O–H groups in total. The molecule has 0 unspecified atom stereocenters. The smallest absolute Gasteiger partial charge is 0.311 e. The molecule has 0 aliphatic carbocycles. The molecule has 256 valence electrons. The number of halogens is 1. The molecule has 1 aliphatic heterocycles. The van der Waals surface area contributed by atoms with Crippen LogP contribution in [0.3, 0.4) is 0 Å². The minimum atomic E-state index is -1.43. The number of benzene rings is 1. The average Bonchev–Trinajstić information content (AvgIpc) is 2.91. The molecular weight excluding hydrogens is 616 g/mol. The van der Waals surface area contributed by atoms with Crippen molar-refractivity contribution in [3.05, 3.63) is 34.9 Å². The molecule has 1 aliphatic rings. The predicted molar refractivity (Wildman–Crippen MR) is 170 cm³/mol. The highest BCUT2D eigenvalue weighted by Crippen LogP contribution is 2.34. The molecule has 6 atom stereocenters. The van der Waals surface area contributed by atoms with Gasteiger partial charge in [0.25, 0.3) is 0 Å². The summed E-state index contributed by atoms with van der Waals surface area (Å²) in [5, 5.41) is 13.7. The van der Waals surface area contributed by atoms with Crippen LogP contribution in [0.1, 0.15) is 94.7 Å². The molecule has 11 nitrogen and oxygen atoms in total. The van der Waals surface area contributed by atoms with Crippen molar-refractivity contribution < 1.29 is 42.9 Å². The van der Waals surface area contributed by atoms with Crippen LogP contribution in [0.25, 0.3) is 0 Å². The molecule has 0 aromatic heterocycles. The number of ether oxygens (including phenoxy) is 5. The number of hydrogen-bond donors (Lipinski definition) is 1. The van der Waals surface area contributed by atoms with Gasteiger partial charge in [-0.15, -0.1) is 0 Å². The van der Waals surface area contributed by atoms with E-state index in [0.717, 1.165) is 0 Å². The second-order valence-corrected chi connectivity index (χ2v) is 16.0. The Bertz CT molecular complexity index is 1290. The second kappa shape index (κ2) is 14.7. The highest BCUT2D eigenvalue weighted by atomic mass is 35.5. The summed E-state index contributed by atoms with van der Waals surface area (Å²) in [4.78, 5) is 52.9. The van der Waals surface area contributed by atoms with Crippen molar-refractivity contribution in [2.75, 3.05) is 6.61 Å².